The molecule has 168 valence electrons. The summed E-state index contributed by atoms with van der Waals surface area (Å²) in [6.45, 7) is 6.95. The van der Waals surface area contributed by atoms with Crippen LogP contribution in [0.2, 0.25) is 0 Å². The molecule has 1 aliphatic rings. The standard InChI is InChI=1S/C24H29N5O3/c1-24(2,3)16-8-9-17-15(13-16)7-10-20(17)28-22(30)27-19-5-4-6-21-18(19)14-26-29(21)23(31)32-12-11-25/h4-6,8-9,13-14,20H,7,10-12,25H2,1-3H3,(H2,27,28,30)/t20-/m1/s1. The van der Waals surface area contributed by atoms with Crippen LogP contribution >= 0.6 is 0 Å². The fourth-order valence-corrected chi connectivity index (χ4v) is 4.06. The van der Waals surface area contributed by atoms with Gasteiger partial charge in [0.2, 0.25) is 0 Å². The third-order valence-electron chi connectivity index (χ3n) is 5.77. The van der Waals surface area contributed by atoms with E-state index in [0.717, 1.165) is 17.5 Å². The van der Waals surface area contributed by atoms with Crippen LogP contribution < -0.4 is 16.4 Å². The van der Waals surface area contributed by atoms with Gasteiger partial charge in [-0.05, 0) is 47.1 Å². The Morgan fingerprint density at radius 2 is 2.06 bits per heavy atom. The number of aromatic nitrogens is 2. The number of amides is 2. The molecule has 1 heterocycles. The van der Waals surface area contributed by atoms with Gasteiger partial charge in [-0.2, -0.15) is 9.78 Å². The highest BCUT2D eigenvalue weighted by Gasteiger charge is 2.26. The number of anilines is 1. The van der Waals surface area contributed by atoms with Crippen molar-refractivity contribution in [3.05, 3.63) is 59.3 Å². The molecule has 0 bridgehead atoms. The Labute approximate surface area is 187 Å². The number of carbonyl (C=O) groups is 2. The summed E-state index contributed by atoms with van der Waals surface area (Å²) in [6.07, 6.45) is 2.74. The highest BCUT2D eigenvalue weighted by Crippen LogP contribution is 2.34. The maximum atomic E-state index is 12.8. The summed E-state index contributed by atoms with van der Waals surface area (Å²) < 4.78 is 6.21. The number of nitrogens with two attached hydrogens (primary N) is 1. The second kappa shape index (κ2) is 8.63. The maximum Gasteiger partial charge on any atom is 0.435 e. The minimum Gasteiger partial charge on any atom is -0.447 e. The average Bonchev–Trinajstić information content (AvgIpc) is 3.36. The molecule has 3 aromatic rings. The van der Waals surface area contributed by atoms with Gasteiger partial charge in [0.25, 0.3) is 0 Å². The lowest BCUT2D eigenvalue weighted by Crippen LogP contribution is -2.31. The molecule has 2 aromatic carbocycles. The van der Waals surface area contributed by atoms with Crippen molar-refractivity contribution < 1.29 is 14.3 Å². The van der Waals surface area contributed by atoms with Crippen LogP contribution in [0.15, 0.2) is 42.6 Å². The summed E-state index contributed by atoms with van der Waals surface area (Å²) in [6, 6.07) is 11.5. The Kier molecular flexibility index (Phi) is 5.88. The van der Waals surface area contributed by atoms with E-state index in [9.17, 15) is 9.59 Å². The minimum absolute atomic E-state index is 0.0350. The zero-order valence-electron chi connectivity index (χ0n) is 18.6. The minimum atomic E-state index is -0.607. The molecule has 1 atom stereocenters. The molecule has 32 heavy (non-hydrogen) atoms. The van der Waals surface area contributed by atoms with Gasteiger partial charge in [0, 0.05) is 11.9 Å². The van der Waals surface area contributed by atoms with Gasteiger partial charge in [-0.25, -0.2) is 9.59 Å². The number of nitrogens with zero attached hydrogens (tertiary/aromatic N) is 2. The molecule has 0 radical (unpaired) electrons. The molecule has 8 heteroatoms. The van der Waals surface area contributed by atoms with Gasteiger partial charge in [-0.1, -0.05) is 45.0 Å². The second-order valence-corrected chi connectivity index (χ2v) is 9.05. The number of ether oxygens (including phenoxy) is 1. The van der Waals surface area contributed by atoms with Crippen molar-refractivity contribution in [3.63, 3.8) is 0 Å². The quantitative estimate of drug-likeness (QED) is 0.572. The predicted octanol–water partition coefficient (Wildman–Crippen LogP) is 4.09. The van der Waals surface area contributed by atoms with Crippen molar-refractivity contribution in [2.45, 2.75) is 45.1 Å². The number of urea groups is 1. The van der Waals surface area contributed by atoms with Crippen LogP contribution in [0.3, 0.4) is 0 Å². The third kappa shape index (κ3) is 4.31. The molecule has 0 unspecified atom stereocenters. The van der Waals surface area contributed by atoms with Gasteiger partial charge in [0.15, 0.2) is 0 Å². The summed E-state index contributed by atoms with van der Waals surface area (Å²) in [5, 5.41) is 10.7. The van der Waals surface area contributed by atoms with Gasteiger partial charge in [0.1, 0.15) is 6.61 Å². The second-order valence-electron chi connectivity index (χ2n) is 9.05. The van der Waals surface area contributed by atoms with Crippen LogP contribution in [-0.2, 0) is 16.6 Å². The van der Waals surface area contributed by atoms with Gasteiger partial charge in [0.05, 0.1) is 23.4 Å². The van der Waals surface area contributed by atoms with E-state index in [1.165, 1.54) is 22.9 Å². The molecule has 0 fully saturated rings. The number of benzene rings is 2. The van der Waals surface area contributed by atoms with Gasteiger partial charge >= 0.3 is 12.1 Å². The summed E-state index contributed by atoms with van der Waals surface area (Å²) in [7, 11) is 0. The highest BCUT2D eigenvalue weighted by atomic mass is 16.6. The fraction of sp³-hybridized carbons (Fsp3) is 0.375. The smallest absolute Gasteiger partial charge is 0.435 e. The summed E-state index contributed by atoms with van der Waals surface area (Å²) in [4.78, 5) is 24.9. The van der Waals surface area contributed by atoms with Gasteiger partial charge in [-0.3, -0.25) is 0 Å². The topological polar surface area (TPSA) is 111 Å². The first-order valence-electron chi connectivity index (χ1n) is 10.8. The first kappa shape index (κ1) is 21.8. The van der Waals surface area contributed by atoms with Crippen LogP contribution in [0.25, 0.3) is 10.9 Å². The fourth-order valence-electron chi connectivity index (χ4n) is 4.06. The van der Waals surface area contributed by atoms with Crippen LogP contribution in [0, 0.1) is 0 Å². The zero-order chi connectivity index (χ0) is 22.9. The lowest BCUT2D eigenvalue weighted by molar-refractivity contribution is 0.149. The molecule has 2 amide bonds. The zero-order valence-corrected chi connectivity index (χ0v) is 18.6. The summed E-state index contributed by atoms with van der Waals surface area (Å²) >= 11 is 0. The number of rotatable bonds is 4. The first-order chi connectivity index (χ1) is 15.3. The molecule has 0 saturated heterocycles. The molecule has 0 spiro atoms. The molecule has 8 nitrogen and oxygen atoms in total. The molecule has 4 N–H and O–H groups in total. The molecule has 4 rings (SSSR count). The van der Waals surface area contributed by atoms with Crippen molar-refractivity contribution >= 4 is 28.7 Å². The van der Waals surface area contributed by atoms with Gasteiger partial charge < -0.3 is 21.1 Å². The number of fused-ring (bicyclic) bond motifs is 2. The van der Waals surface area contributed by atoms with Crippen LogP contribution in [0.5, 0.6) is 0 Å². The normalized spacial score (nSPS) is 15.4. The SMILES string of the molecule is CC(C)(C)c1ccc2c(c1)CC[C@H]2NC(=O)Nc1cccc2c1cnn2C(=O)OCCN. The Balaban J connectivity index is 1.48. The number of carbonyl (C=O) groups excluding carboxylic acids is 2. The van der Waals surface area contributed by atoms with Crippen LogP contribution in [0.4, 0.5) is 15.3 Å². The molecule has 0 saturated carbocycles. The lowest BCUT2D eigenvalue weighted by Gasteiger charge is -2.21. The van der Waals surface area contributed by atoms with Crippen molar-refractivity contribution in [1.29, 1.82) is 0 Å². The highest BCUT2D eigenvalue weighted by molar-refractivity contribution is 6.02. The molecular weight excluding hydrogens is 406 g/mol. The van der Waals surface area contributed by atoms with E-state index in [2.05, 4.69) is 54.7 Å². The van der Waals surface area contributed by atoms with Crippen LogP contribution in [-0.4, -0.2) is 35.1 Å². The van der Waals surface area contributed by atoms with E-state index in [0.29, 0.717) is 16.6 Å². The Morgan fingerprint density at radius 3 is 2.81 bits per heavy atom. The predicted molar refractivity (Wildman–Crippen MR) is 124 cm³/mol. The lowest BCUT2D eigenvalue weighted by atomic mass is 9.85. The third-order valence-corrected chi connectivity index (χ3v) is 5.77. The van der Waals surface area contributed by atoms with E-state index in [-0.39, 0.29) is 30.6 Å². The van der Waals surface area contributed by atoms with Crippen molar-refractivity contribution in [2.24, 2.45) is 5.73 Å². The van der Waals surface area contributed by atoms with E-state index >= 15 is 0 Å². The van der Waals surface area contributed by atoms with Crippen LogP contribution in [0.1, 0.15) is 49.9 Å². The van der Waals surface area contributed by atoms with Crippen molar-refractivity contribution in [1.82, 2.24) is 15.1 Å². The monoisotopic (exact) mass is 435 g/mol. The van der Waals surface area contributed by atoms with Crippen molar-refractivity contribution in [2.75, 3.05) is 18.5 Å². The number of nitrogens with one attached hydrogen (secondary N) is 2. The summed E-state index contributed by atoms with van der Waals surface area (Å²) in [5.74, 6) is 0. The van der Waals surface area contributed by atoms with Crippen molar-refractivity contribution in [3.8, 4) is 0 Å². The first-order valence-corrected chi connectivity index (χ1v) is 10.8. The molecule has 0 aliphatic heterocycles. The van der Waals surface area contributed by atoms with E-state index < -0.39 is 6.09 Å². The van der Waals surface area contributed by atoms with E-state index in [4.69, 9.17) is 10.5 Å². The Bertz CT molecular complexity index is 1160. The maximum absolute atomic E-state index is 12.8. The Morgan fingerprint density at radius 1 is 1.25 bits per heavy atom. The summed E-state index contributed by atoms with van der Waals surface area (Å²) in [5.41, 5.74) is 10.4. The number of hydrogen-bond acceptors (Lipinski definition) is 5. The van der Waals surface area contributed by atoms with E-state index in [1.54, 1.807) is 18.2 Å². The number of aryl methyl sites for hydroxylation is 1. The van der Waals surface area contributed by atoms with Gasteiger partial charge in [-0.15, -0.1) is 0 Å². The molecule has 1 aromatic heterocycles. The molecule has 1 aliphatic carbocycles. The Hall–Kier alpha value is -3.39. The average molecular weight is 436 g/mol. The van der Waals surface area contributed by atoms with E-state index in [1.807, 2.05) is 0 Å². The largest absolute Gasteiger partial charge is 0.447 e. The molecular formula is C24H29N5O3. The number of hydrogen-bond donors (Lipinski definition) is 3.